The summed E-state index contributed by atoms with van der Waals surface area (Å²) in [6.45, 7) is 14.4. The van der Waals surface area contributed by atoms with Gasteiger partial charge in [-0.2, -0.15) is 0 Å². The molecule has 0 amide bonds. The van der Waals surface area contributed by atoms with E-state index in [0.29, 0.717) is 12.0 Å². The molecule has 0 N–H and O–H groups in total. The maximum Gasteiger partial charge on any atom is 0.186 e. The molecule has 94 valence electrons. The van der Waals surface area contributed by atoms with Crippen LogP contribution in [0.3, 0.4) is 0 Å². The fourth-order valence-electron chi connectivity index (χ4n) is 1.70. The van der Waals surface area contributed by atoms with Crippen molar-refractivity contribution >= 4 is 5.78 Å². The summed E-state index contributed by atoms with van der Waals surface area (Å²) in [6, 6.07) is 0. The van der Waals surface area contributed by atoms with Gasteiger partial charge >= 0.3 is 0 Å². The standard InChI is InChI=1S/C14H26O2/c1-7-9-13(3,4)10-11-16-14(5,6)12(15)8-2/h8H,2,7,9-11H2,1,3-6H3. The zero-order valence-electron chi connectivity index (χ0n) is 11.4. The van der Waals surface area contributed by atoms with Crippen molar-refractivity contribution in [2.75, 3.05) is 6.61 Å². The van der Waals surface area contributed by atoms with Gasteiger partial charge in [-0.05, 0) is 38.2 Å². The fourth-order valence-corrected chi connectivity index (χ4v) is 1.70. The third kappa shape index (κ3) is 5.45. The number of hydrogen-bond acceptors (Lipinski definition) is 2. The van der Waals surface area contributed by atoms with Gasteiger partial charge < -0.3 is 4.74 Å². The molecule has 0 aromatic rings. The van der Waals surface area contributed by atoms with E-state index < -0.39 is 5.60 Å². The monoisotopic (exact) mass is 226 g/mol. The van der Waals surface area contributed by atoms with Crippen LogP contribution in [0.2, 0.25) is 0 Å². The van der Waals surface area contributed by atoms with Gasteiger partial charge in [-0.3, -0.25) is 4.79 Å². The summed E-state index contributed by atoms with van der Waals surface area (Å²) < 4.78 is 5.64. The maximum atomic E-state index is 11.5. The van der Waals surface area contributed by atoms with E-state index in [1.54, 1.807) is 13.8 Å². The second kappa shape index (κ2) is 6.19. The van der Waals surface area contributed by atoms with E-state index >= 15 is 0 Å². The lowest BCUT2D eigenvalue weighted by Crippen LogP contribution is -2.34. The maximum absolute atomic E-state index is 11.5. The first-order valence-corrected chi connectivity index (χ1v) is 6.06. The molecule has 2 heteroatoms. The zero-order chi connectivity index (χ0) is 12.8. The fraction of sp³-hybridized carbons (Fsp3) is 0.786. The van der Waals surface area contributed by atoms with Crippen LogP contribution >= 0.6 is 0 Å². The van der Waals surface area contributed by atoms with Gasteiger partial charge in [-0.1, -0.05) is 33.8 Å². The minimum absolute atomic E-state index is 0.0548. The van der Waals surface area contributed by atoms with Gasteiger partial charge in [0.25, 0.3) is 0 Å². The lowest BCUT2D eigenvalue weighted by Gasteiger charge is -2.27. The molecule has 0 radical (unpaired) electrons. The number of ether oxygens (including phenoxy) is 1. The average molecular weight is 226 g/mol. The van der Waals surface area contributed by atoms with Gasteiger partial charge in [0.1, 0.15) is 5.60 Å². The van der Waals surface area contributed by atoms with E-state index in [9.17, 15) is 4.79 Å². The zero-order valence-corrected chi connectivity index (χ0v) is 11.4. The summed E-state index contributed by atoms with van der Waals surface area (Å²) >= 11 is 0. The van der Waals surface area contributed by atoms with Crippen molar-refractivity contribution in [3.05, 3.63) is 12.7 Å². The van der Waals surface area contributed by atoms with Gasteiger partial charge in [-0.15, -0.1) is 0 Å². The summed E-state index contributed by atoms with van der Waals surface area (Å²) in [6.07, 6.45) is 4.68. The van der Waals surface area contributed by atoms with Crippen LogP contribution in [0.25, 0.3) is 0 Å². The summed E-state index contributed by atoms with van der Waals surface area (Å²) in [5, 5.41) is 0. The molecular weight excluding hydrogens is 200 g/mol. The topological polar surface area (TPSA) is 26.3 Å². The van der Waals surface area contributed by atoms with Gasteiger partial charge in [0.2, 0.25) is 0 Å². The summed E-state index contributed by atoms with van der Waals surface area (Å²) in [5.41, 5.74) is -0.438. The van der Waals surface area contributed by atoms with Crippen LogP contribution < -0.4 is 0 Å². The average Bonchev–Trinajstić information content (AvgIpc) is 2.15. The van der Waals surface area contributed by atoms with Crippen molar-refractivity contribution < 1.29 is 9.53 Å². The molecule has 0 rings (SSSR count). The van der Waals surface area contributed by atoms with E-state index in [0.717, 1.165) is 6.42 Å². The third-order valence-electron chi connectivity index (χ3n) is 2.95. The molecule has 0 atom stereocenters. The van der Waals surface area contributed by atoms with Crippen molar-refractivity contribution in [2.45, 2.75) is 59.5 Å². The Bertz CT molecular complexity index is 239. The molecular formula is C14H26O2. The van der Waals surface area contributed by atoms with Gasteiger partial charge in [0.15, 0.2) is 5.78 Å². The van der Waals surface area contributed by atoms with Crippen LogP contribution in [-0.4, -0.2) is 18.0 Å². The number of carbonyl (C=O) groups is 1. The Hall–Kier alpha value is -0.630. The predicted octanol–water partition coefficient (Wildman–Crippen LogP) is 3.75. The molecule has 0 fully saturated rings. The Labute approximate surface area is 100 Å². The van der Waals surface area contributed by atoms with Crippen LogP contribution in [0.15, 0.2) is 12.7 Å². The van der Waals surface area contributed by atoms with Crippen molar-refractivity contribution in [3.63, 3.8) is 0 Å². The summed E-state index contributed by atoms with van der Waals surface area (Å²) in [4.78, 5) is 11.5. The molecule has 0 saturated carbocycles. The van der Waals surface area contributed by atoms with E-state index in [2.05, 4.69) is 27.4 Å². The van der Waals surface area contributed by atoms with Crippen molar-refractivity contribution in [1.82, 2.24) is 0 Å². The van der Waals surface area contributed by atoms with E-state index in [1.807, 2.05) is 0 Å². The van der Waals surface area contributed by atoms with Crippen LogP contribution in [0.5, 0.6) is 0 Å². The molecule has 0 bridgehead atoms. The Morgan fingerprint density at radius 3 is 2.25 bits per heavy atom. The highest BCUT2D eigenvalue weighted by Crippen LogP contribution is 2.27. The SMILES string of the molecule is C=CC(=O)C(C)(C)OCCC(C)(C)CCC. The van der Waals surface area contributed by atoms with Gasteiger partial charge in [0.05, 0.1) is 0 Å². The highest BCUT2D eigenvalue weighted by atomic mass is 16.5. The van der Waals surface area contributed by atoms with E-state index in [1.165, 1.54) is 18.9 Å². The molecule has 0 saturated heterocycles. The second-order valence-corrected chi connectivity index (χ2v) is 5.59. The van der Waals surface area contributed by atoms with Gasteiger partial charge in [-0.25, -0.2) is 0 Å². The predicted molar refractivity (Wildman–Crippen MR) is 68.5 cm³/mol. The van der Waals surface area contributed by atoms with Crippen molar-refractivity contribution in [2.24, 2.45) is 5.41 Å². The van der Waals surface area contributed by atoms with Crippen LogP contribution in [0, 0.1) is 5.41 Å². The quantitative estimate of drug-likeness (QED) is 0.589. The molecule has 0 aromatic heterocycles. The smallest absolute Gasteiger partial charge is 0.186 e. The first-order valence-electron chi connectivity index (χ1n) is 6.06. The minimum atomic E-state index is -0.732. The van der Waals surface area contributed by atoms with Crippen LogP contribution in [0.1, 0.15) is 53.9 Å². The first kappa shape index (κ1) is 15.4. The third-order valence-corrected chi connectivity index (χ3v) is 2.95. The molecule has 0 spiro atoms. The molecule has 0 unspecified atom stereocenters. The van der Waals surface area contributed by atoms with E-state index in [4.69, 9.17) is 4.74 Å². The molecule has 2 nitrogen and oxygen atoms in total. The molecule has 0 heterocycles. The Morgan fingerprint density at radius 2 is 1.81 bits per heavy atom. The second-order valence-electron chi connectivity index (χ2n) is 5.59. The highest BCUT2D eigenvalue weighted by molar-refractivity contribution is 5.95. The summed E-state index contributed by atoms with van der Waals surface area (Å²) in [5.74, 6) is -0.0548. The minimum Gasteiger partial charge on any atom is -0.367 e. The summed E-state index contributed by atoms with van der Waals surface area (Å²) in [7, 11) is 0. The molecule has 0 aliphatic carbocycles. The lowest BCUT2D eigenvalue weighted by atomic mass is 9.85. The van der Waals surface area contributed by atoms with Crippen molar-refractivity contribution in [1.29, 1.82) is 0 Å². The number of rotatable bonds is 8. The Morgan fingerprint density at radius 1 is 1.25 bits per heavy atom. The van der Waals surface area contributed by atoms with E-state index in [-0.39, 0.29) is 5.78 Å². The first-order chi connectivity index (χ1) is 7.25. The number of carbonyl (C=O) groups excluding carboxylic acids is 1. The normalized spacial score (nSPS) is 12.6. The lowest BCUT2D eigenvalue weighted by molar-refractivity contribution is -0.136. The van der Waals surface area contributed by atoms with Gasteiger partial charge in [0, 0.05) is 6.61 Å². The molecule has 0 aliphatic rings. The van der Waals surface area contributed by atoms with Crippen LogP contribution in [-0.2, 0) is 9.53 Å². The molecule has 0 aromatic carbocycles. The van der Waals surface area contributed by atoms with Crippen LogP contribution in [0.4, 0.5) is 0 Å². The largest absolute Gasteiger partial charge is 0.367 e. The molecule has 16 heavy (non-hydrogen) atoms. The number of hydrogen-bond donors (Lipinski definition) is 0. The Balaban J connectivity index is 4.07. The highest BCUT2D eigenvalue weighted by Gasteiger charge is 2.26. The molecule has 0 aliphatic heterocycles. The van der Waals surface area contributed by atoms with Crippen molar-refractivity contribution in [3.8, 4) is 0 Å². The number of ketones is 1. The Kier molecular flexibility index (Phi) is 5.95.